The van der Waals surface area contributed by atoms with E-state index in [2.05, 4.69) is 10.6 Å². The minimum absolute atomic E-state index is 0.00462. The van der Waals surface area contributed by atoms with E-state index in [1.54, 1.807) is 12.1 Å². The monoisotopic (exact) mass is 385 g/mol. The molecule has 1 saturated heterocycles. The number of nitrogens with one attached hydrogen (secondary N) is 2. The molecule has 146 valence electrons. The molecule has 0 aliphatic carbocycles. The number of benzene rings is 2. The van der Waals surface area contributed by atoms with Gasteiger partial charge in [-0.25, -0.2) is 0 Å². The fraction of sp³-hybridized carbons (Fsp3) is 0.318. The molecule has 1 aliphatic heterocycles. The van der Waals surface area contributed by atoms with Crippen LogP contribution in [0, 0.1) is 17.2 Å². The first-order chi connectivity index (χ1) is 13.5. The van der Waals surface area contributed by atoms with Gasteiger partial charge in [-0.2, -0.15) is 18.4 Å². The average Bonchev–Trinajstić information content (AvgIpc) is 3.19. The Morgan fingerprint density at radius 2 is 2.04 bits per heavy atom. The quantitative estimate of drug-likeness (QED) is 0.723. The molecule has 1 aliphatic rings. The maximum atomic E-state index is 13.3. The molecule has 2 N–H and O–H groups in total. The largest absolute Gasteiger partial charge is 0.417 e. The maximum absolute atomic E-state index is 13.3. The van der Waals surface area contributed by atoms with Crippen molar-refractivity contribution in [2.75, 3.05) is 19.6 Å². The van der Waals surface area contributed by atoms with Crippen LogP contribution in [-0.2, 0) is 12.7 Å². The normalized spacial score (nSPS) is 17.1. The minimum Gasteiger partial charge on any atom is -0.316 e. The van der Waals surface area contributed by atoms with Crippen LogP contribution in [0.15, 0.2) is 42.5 Å². The van der Waals surface area contributed by atoms with E-state index < -0.39 is 11.7 Å². The second kappa shape index (κ2) is 9.05. The van der Waals surface area contributed by atoms with Crippen molar-refractivity contribution in [1.29, 1.82) is 5.26 Å². The number of hydrogen-bond donors (Lipinski definition) is 2. The van der Waals surface area contributed by atoms with E-state index in [0.29, 0.717) is 5.92 Å². The molecule has 0 spiro atoms. The highest BCUT2D eigenvalue weighted by atomic mass is 19.4. The minimum atomic E-state index is -4.51. The number of halogens is 3. The van der Waals surface area contributed by atoms with E-state index in [9.17, 15) is 13.2 Å². The molecule has 0 bridgehead atoms. The van der Waals surface area contributed by atoms with Gasteiger partial charge in [0.15, 0.2) is 0 Å². The summed E-state index contributed by atoms with van der Waals surface area (Å²) in [5.41, 5.74) is 1.16. The van der Waals surface area contributed by atoms with Gasteiger partial charge in [0.2, 0.25) is 0 Å². The van der Waals surface area contributed by atoms with E-state index in [1.807, 2.05) is 24.3 Å². The molecule has 6 heteroatoms. The van der Waals surface area contributed by atoms with Crippen molar-refractivity contribution in [3.8, 4) is 6.07 Å². The van der Waals surface area contributed by atoms with Gasteiger partial charge in [0.25, 0.3) is 0 Å². The molecule has 2 aromatic carbocycles. The van der Waals surface area contributed by atoms with Crippen molar-refractivity contribution in [3.63, 3.8) is 0 Å². The summed E-state index contributed by atoms with van der Waals surface area (Å²) in [6.45, 7) is 3.79. The van der Waals surface area contributed by atoms with E-state index >= 15 is 0 Å². The standard InChI is InChI=1S/C22H22F3N3/c23-22(24,25)21-11-17(12-26)5-7-20(21)6-4-16-2-1-3-18(10-16)13-28-15-19-8-9-27-14-19/h1-7,10-11,19,27-28H,8-9,13-15H2/b6-4+. The molecule has 0 radical (unpaired) electrons. The lowest BCUT2D eigenvalue weighted by Gasteiger charge is -2.11. The van der Waals surface area contributed by atoms with Crippen LogP contribution in [-0.4, -0.2) is 19.6 Å². The molecular weight excluding hydrogens is 363 g/mol. The van der Waals surface area contributed by atoms with Gasteiger partial charge in [-0.15, -0.1) is 0 Å². The zero-order valence-electron chi connectivity index (χ0n) is 15.4. The summed E-state index contributed by atoms with van der Waals surface area (Å²) in [5.74, 6) is 0.653. The summed E-state index contributed by atoms with van der Waals surface area (Å²) in [4.78, 5) is 0. The fourth-order valence-electron chi connectivity index (χ4n) is 3.32. The topological polar surface area (TPSA) is 47.9 Å². The number of rotatable bonds is 6. The lowest BCUT2D eigenvalue weighted by Crippen LogP contribution is -2.24. The third-order valence-electron chi connectivity index (χ3n) is 4.82. The molecule has 3 nitrogen and oxygen atoms in total. The van der Waals surface area contributed by atoms with Crippen LogP contribution in [0.1, 0.15) is 34.2 Å². The second-order valence-corrected chi connectivity index (χ2v) is 6.98. The summed E-state index contributed by atoms with van der Waals surface area (Å²) >= 11 is 0. The van der Waals surface area contributed by atoms with Gasteiger partial charge < -0.3 is 10.6 Å². The first-order valence-electron chi connectivity index (χ1n) is 9.25. The Hall–Kier alpha value is -2.62. The van der Waals surface area contributed by atoms with Crippen molar-refractivity contribution in [3.05, 3.63) is 70.3 Å². The van der Waals surface area contributed by atoms with Crippen LogP contribution in [0.2, 0.25) is 0 Å². The maximum Gasteiger partial charge on any atom is 0.417 e. The molecule has 0 amide bonds. The molecule has 0 saturated carbocycles. The lowest BCUT2D eigenvalue weighted by molar-refractivity contribution is -0.137. The Balaban J connectivity index is 1.69. The van der Waals surface area contributed by atoms with Gasteiger partial charge >= 0.3 is 6.18 Å². The zero-order chi connectivity index (χ0) is 20.0. The van der Waals surface area contributed by atoms with Crippen LogP contribution in [0.5, 0.6) is 0 Å². The van der Waals surface area contributed by atoms with Crippen molar-refractivity contribution in [1.82, 2.24) is 10.6 Å². The number of nitrogens with zero attached hydrogens (tertiary/aromatic N) is 1. The second-order valence-electron chi connectivity index (χ2n) is 6.98. The van der Waals surface area contributed by atoms with Crippen LogP contribution < -0.4 is 10.6 Å². The van der Waals surface area contributed by atoms with Gasteiger partial charge in [0, 0.05) is 6.54 Å². The Morgan fingerprint density at radius 1 is 1.18 bits per heavy atom. The summed E-state index contributed by atoms with van der Waals surface area (Å²) in [7, 11) is 0. The molecular formula is C22H22F3N3. The zero-order valence-corrected chi connectivity index (χ0v) is 15.4. The van der Waals surface area contributed by atoms with E-state index in [0.717, 1.165) is 43.4 Å². The SMILES string of the molecule is N#Cc1ccc(/C=C/c2cccc(CNCC3CCNC3)c2)c(C(F)(F)F)c1. The highest BCUT2D eigenvalue weighted by Gasteiger charge is 2.33. The number of hydrogen-bond acceptors (Lipinski definition) is 3. The Bertz CT molecular complexity index is 875. The first-order valence-corrected chi connectivity index (χ1v) is 9.25. The average molecular weight is 385 g/mol. The molecule has 2 aromatic rings. The smallest absolute Gasteiger partial charge is 0.316 e. The Kier molecular flexibility index (Phi) is 6.50. The molecule has 1 unspecified atom stereocenters. The van der Waals surface area contributed by atoms with Crippen LogP contribution >= 0.6 is 0 Å². The highest BCUT2D eigenvalue weighted by molar-refractivity contribution is 5.72. The van der Waals surface area contributed by atoms with Crippen LogP contribution in [0.25, 0.3) is 12.2 Å². The van der Waals surface area contributed by atoms with Gasteiger partial charge in [0.1, 0.15) is 0 Å². The predicted molar refractivity (Wildman–Crippen MR) is 104 cm³/mol. The Morgan fingerprint density at radius 3 is 2.75 bits per heavy atom. The molecule has 3 rings (SSSR count). The van der Waals surface area contributed by atoms with Crippen LogP contribution in [0.4, 0.5) is 13.2 Å². The van der Waals surface area contributed by atoms with E-state index in [4.69, 9.17) is 5.26 Å². The van der Waals surface area contributed by atoms with Crippen molar-refractivity contribution in [2.45, 2.75) is 19.1 Å². The summed E-state index contributed by atoms with van der Waals surface area (Å²) in [5, 5.41) is 15.6. The van der Waals surface area contributed by atoms with E-state index in [-0.39, 0.29) is 11.1 Å². The first kappa shape index (κ1) is 20.1. The molecule has 1 fully saturated rings. The molecule has 1 heterocycles. The molecule has 1 atom stereocenters. The number of alkyl halides is 3. The molecule has 0 aromatic heterocycles. The summed E-state index contributed by atoms with van der Waals surface area (Å²) < 4.78 is 39.8. The predicted octanol–water partition coefficient (Wildman–Crippen LogP) is 4.45. The van der Waals surface area contributed by atoms with Crippen LogP contribution in [0.3, 0.4) is 0 Å². The number of nitriles is 1. The third-order valence-corrected chi connectivity index (χ3v) is 4.82. The van der Waals surface area contributed by atoms with Gasteiger partial charge in [-0.3, -0.25) is 0 Å². The van der Waals surface area contributed by atoms with Crippen molar-refractivity contribution >= 4 is 12.2 Å². The Labute approximate surface area is 162 Å². The van der Waals surface area contributed by atoms with Crippen molar-refractivity contribution < 1.29 is 13.2 Å². The lowest BCUT2D eigenvalue weighted by atomic mass is 10.0. The van der Waals surface area contributed by atoms with Gasteiger partial charge in [-0.1, -0.05) is 42.5 Å². The summed E-state index contributed by atoms with van der Waals surface area (Å²) in [6.07, 6.45) is -0.211. The van der Waals surface area contributed by atoms with Gasteiger partial charge in [0.05, 0.1) is 17.2 Å². The molecule has 28 heavy (non-hydrogen) atoms. The van der Waals surface area contributed by atoms with Crippen molar-refractivity contribution in [2.24, 2.45) is 5.92 Å². The highest BCUT2D eigenvalue weighted by Crippen LogP contribution is 2.33. The van der Waals surface area contributed by atoms with E-state index in [1.165, 1.54) is 24.6 Å². The summed E-state index contributed by atoms with van der Waals surface area (Å²) in [6, 6.07) is 13.1. The fourth-order valence-corrected chi connectivity index (χ4v) is 3.32. The third kappa shape index (κ3) is 5.44. The van der Waals surface area contributed by atoms with Gasteiger partial charge in [-0.05, 0) is 60.8 Å².